The Morgan fingerprint density at radius 3 is 2.56 bits per heavy atom. The van der Waals surface area contributed by atoms with Crippen molar-refractivity contribution in [1.29, 1.82) is 0 Å². The molecule has 132 valence electrons. The zero-order valence-electron chi connectivity index (χ0n) is 14.5. The fourth-order valence-corrected chi connectivity index (χ4v) is 2.66. The van der Waals surface area contributed by atoms with Crippen LogP contribution >= 0.6 is 0 Å². The molecule has 0 radical (unpaired) electrons. The lowest BCUT2D eigenvalue weighted by atomic mass is 10.3. The van der Waals surface area contributed by atoms with Gasteiger partial charge in [-0.3, -0.25) is 4.79 Å². The van der Waals surface area contributed by atoms with Crippen molar-refractivity contribution in [2.24, 2.45) is 0 Å². The molecule has 0 unspecified atom stereocenters. The Labute approximate surface area is 146 Å². The third-order valence-corrected chi connectivity index (χ3v) is 3.99. The molecule has 1 aliphatic rings. The molecule has 0 spiro atoms. The predicted molar refractivity (Wildman–Crippen MR) is 95.2 cm³/mol. The average Bonchev–Trinajstić information content (AvgIpc) is 2.64. The second kappa shape index (κ2) is 7.78. The smallest absolute Gasteiger partial charge is 0.247 e. The molecule has 8 heteroatoms. The van der Waals surface area contributed by atoms with Crippen molar-refractivity contribution in [2.45, 2.75) is 13.8 Å². The fraction of sp³-hybridized carbons (Fsp3) is 0.412. The first-order valence-corrected chi connectivity index (χ1v) is 8.36. The lowest BCUT2D eigenvalue weighted by Gasteiger charge is -2.33. The first kappa shape index (κ1) is 16.9. The maximum absolute atomic E-state index is 11.4. The number of nitrogens with one attached hydrogen (secondary N) is 1. The molecule has 25 heavy (non-hydrogen) atoms. The molecule has 0 bridgehead atoms. The molecule has 0 saturated carbocycles. The Hall–Kier alpha value is -2.90. The maximum Gasteiger partial charge on any atom is 0.247 e. The number of amides is 1. The summed E-state index contributed by atoms with van der Waals surface area (Å²) in [6.07, 6.45) is 1.59. The molecule has 1 aliphatic heterocycles. The third kappa shape index (κ3) is 4.34. The van der Waals surface area contributed by atoms with Crippen LogP contribution in [0.5, 0.6) is 5.75 Å². The van der Waals surface area contributed by atoms with Crippen molar-refractivity contribution in [3.05, 3.63) is 30.5 Å². The van der Waals surface area contributed by atoms with Crippen LogP contribution in [0.25, 0.3) is 0 Å². The van der Waals surface area contributed by atoms with Gasteiger partial charge in [0.2, 0.25) is 11.9 Å². The van der Waals surface area contributed by atoms with Gasteiger partial charge in [0.1, 0.15) is 5.75 Å². The summed E-state index contributed by atoms with van der Waals surface area (Å²) in [5.74, 6) is 2.13. The van der Waals surface area contributed by atoms with Gasteiger partial charge >= 0.3 is 0 Å². The number of anilines is 3. The standard InChI is InChI=1S/C17H22N6O2/c1-3-25-15-6-4-14(5-7-15)19-16-12-18-21-17(20-16)23-10-8-22(9-11-23)13(2)24/h4-7,12H,3,8-11H2,1-2H3,(H,19,20,21). The number of benzene rings is 1. The Morgan fingerprint density at radius 2 is 1.92 bits per heavy atom. The Balaban J connectivity index is 1.64. The summed E-state index contributed by atoms with van der Waals surface area (Å²) >= 11 is 0. The van der Waals surface area contributed by atoms with Crippen molar-refractivity contribution in [2.75, 3.05) is 43.0 Å². The van der Waals surface area contributed by atoms with Crippen molar-refractivity contribution >= 4 is 23.4 Å². The van der Waals surface area contributed by atoms with E-state index < -0.39 is 0 Å². The van der Waals surface area contributed by atoms with E-state index in [1.54, 1.807) is 13.1 Å². The molecular weight excluding hydrogens is 320 g/mol. The van der Waals surface area contributed by atoms with Crippen molar-refractivity contribution < 1.29 is 9.53 Å². The predicted octanol–water partition coefficient (Wildman–Crippen LogP) is 1.68. The lowest BCUT2D eigenvalue weighted by molar-refractivity contribution is -0.129. The van der Waals surface area contributed by atoms with Crippen LogP contribution in [0.15, 0.2) is 30.5 Å². The van der Waals surface area contributed by atoms with Crippen LogP contribution in [0, 0.1) is 0 Å². The van der Waals surface area contributed by atoms with E-state index in [2.05, 4.69) is 20.5 Å². The summed E-state index contributed by atoms with van der Waals surface area (Å²) in [4.78, 5) is 19.8. The van der Waals surface area contributed by atoms with E-state index in [1.165, 1.54) is 0 Å². The summed E-state index contributed by atoms with van der Waals surface area (Å²) in [6, 6.07) is 7.67. The van der Waals surface area contributed by atoms with Crippen LogP contribution in [0.1, 0.15) is 13.8 Å². The number of nitrogens with zero attached hydrogens (tertiary/aromatic N) is 5. The van der Waals surface area contributed by atoms with Gasteiger partial charge < -0.3 is 19.9 Å². The van der Waals surface area contributed by atoms with Crippen LogP contribution < -0.4 is 15.0 Å². The molecule has 2 heterocycles. The summed E-state index contributed by atoms with van der Waals surface area (Å²) in [7, 11) is 0. The number of aromatic nitrogens is 3. The molecule has 1 fully saturated rings. The van der Waals surface area contributed by atoms with E-state index >= 15 is 0 Å². The molecule has 1 aromatic carbocycles. The quantitative estimate of drug-likeness (QED) is 0.885. The molecule has 0 atom stereocenters. The van der Waals surface area contributed by atoms with Crippen molar-refractivity contribution in [1.82, 2.24) is 20.1 Å². The Morgan fingerprint density at radius 1 is 1.20 bits per heavy atom. The zero-order chi connectivity index (χ0) is 17.6. The molecule has 1 aromatic heterocycles. The fourth-order valence-electron chi connectivity index (χ4n) is 2.66. The van der Waals surface area contributed by atoms with Crippen LogP contribution in [0.2, 0.25) is 0 Å². The van der Waals surface area contributed by atoms with Gasteiger partial charge in [0.25, 0.3) is 0 Å². The van der Waals surface area contributed by atoms with E-state index in [4.69, 9.17) is 4.74 Å². The number of hydrogen-bond acceptors (Lipinski definition) is 7. The minimum absolute atomic E-state index is 0.101. The van der Waals surface area contributed by atoms with E-state index in [0.717, 1.165) is 11.4 Å². The van der Waals surface area contributed by atoms with Crippen LogP contribution in [-0.2, 0) is 4.79 Å². The number of carbonyl (C=O) groups is 1. The second-order valence-corrected chi connectivity index (χ2v) is 5.72. The molecule has 3 rings (SSSR count). The van der Waals surface area contributed by atoms with E-state index in [0.29, 0.717) is 44.6 Å². The largest absolute Gasteiger partial charge is 0.494 e. The SMILES string of the molecule is CCOc1ccc(Nc2cnnc(N3CCN(C(C)=O)CC3)n2)cc1. The summed E-state index contributed by atoms with van der Waals surface area (Å²) in [6.45, 7) is 6.94. The summed E-state index contributed by atoms with van der Waals surface area (Å²) < 4.78 is 5.43. The monoisotopic (exact) mass is 342 g/mol. The van der Waals surface area contributed by atoms with Crippen LogP contribution in [-0.4, -0.2) is 58.8 Å². The molecule has 1 N–H and O–H groups in total. The third-order valence-electron chi connectivity index (χ3n) is 3.99. The minimum atomic E-state index is 0.101. The molecule has 8 nitrogen and oxygen atoms in total. The van der Waals surface area contributed by atoms with Gasteiger partial charge in [-0.05, 0) is 31.2 Å². The first-order chi connectivity index (χ1) is 12.2. The molecule has 1 saturated heterocycles. The number of hydrogen-bond donors (Lipinski definition) is 1. The molecule has 2 aromatic rings. The van der Waals surface area contributed by atoms with Gasteiger partial charge in [0.05, 0.1) is 12.8 Å². The van der Waals surface area contributed by atoms with Gasteiger partial charge in [0, 0.05) is 38.8 Å². The molecule has 0 aliphatic carbocycles. The highest BCUT2D eigenvalue weighted by Crippen LogP contribution is 2.20. The number of ether oxygens (including phenoxy) is 1. The highest BCUT2D eigenvalue weighted by molar-refractivity contribution is 5.73. The minimum Gasteiger partial charge on any atom is -0.494 e. The summed E-state index contributed by atoms with van der Waals surface area (Å²) in [5, 5.41) is 11.4. The first-order valence-electron chi connectivity index (χ1n) is 8.36. The molecular formula is C17H22N6O2. The van der Waals surface area contributed by atoms with Gasteiger partial charge in [-0.25, -0.2) is 0 Å². The zero-order valence-corrected chi connectivity index (χ0v) is 14.5. The van der Waals surface area contributed by atoms with Crippen molar-refractivity contribution in [3.63, 3.8) is 0 Å². The van der Waals surface area contributed by atoms with Gasteiger partial charge in [-0.2, -0.15) is 10.1 Å². The highest BCUT2D eigenvalue weighted by Gasteiger charge is 2.20. The number of rotatable bonds is 5. The normalized spacial score (nSPS) is 14.3. The maximum atomic E-state index is 11.4. The Bertz CT molecular complexity index is 713. The lowest BCUT2D eigenvalue weighted by Crippen LogP contribution is -2.48. The van der Waals surface area contributed by atoms with Gasteiger partial charge in [-0.1, -0.05) is 0 Å². The summed E-state index contributed by atoms with van der Waals surface area (Å²) in [5.41, 5.74) is 0.899. The highest BCUT2D eigenvalue weighted by atomic mass is 16.5. The second-order valence-electron chi connectivity index (χ2n) is 5.72. The number of carbonyl (C=O) groups excluding carboxylic acids is 1. The van der Waals surface area contributed by atoms with E-state index in [-0.39, 0.29) is 5.91 Å². The van der Waals surface area contributed by atoms with E-state index in [9.17, 15) is 4.79 Å². The average molecular weight is 342 g/mol. The Kier molecular flexibility index (Phi) is 5.27. The van der Waals surface area contributed by atoms with Gasteiger partial charge in [0.15, 0.2) is 5.82 Å². The van der Waals surface area contributed by atoms with E-state index in [1.807, 2.05) is 41.0 Å². The van der Waals surface area contributed by atoms with Crippen LogP contribution in [0.3, 0.4) is 0 Å². The van der Waals surface area contributed by atoms with Crippen LogP contribution in [0.4, 0.5) is 17.5 Å². The van der Waals surface area contributed by atoms with Crippen molar-refractivity contribution in [3.8, 4) is 5.75 Å². The molecule has 1 amide bonds. The topological polar surface area (TPSA) is 83.5 Å². The van der Waals surface area contributed by atoms with Gasteiger partial charge in [-0.15, -0.1) is 5.10 Å². The number of piperazine rings is 1.